The van der Waals surface area contributed by atoms with E-state index in [0.717, 1.165) is 28.7 Å². The third kappa shape index (κ3) is 25.4. The highest BCUT2D eigenvalue weighted by atomic mass is 16.5. The summed E-state index contributed by atoms with van der Waals surface area (Å²) in [4.78, 5) is 5.68. The van der Waals surface area contributed by atoms with E-state index in [9.17, 15) is 30.6 Å². The summed E-state index contributed by atoms with van der Waals surface area (Å²) in [5.74, 6) is -31.3. The lowest BCUT2D eigenvalue weighted by atomic mass is 9.79. The lowest BCUT2D eigenvalue weighted by Gasteiger charge is -2.46. The van der Waals surface area contributed by atoms with Gasteiger partial charge in [0.2, 0.25) is 0 Å². The Balaban J connectivity index is 0.000000201. The number of hydrogen-bond donors (Lipinski definition) is 6. The number of hydrogen-bond acceptors (Lipinski definition) is 24. The minimum Gasteiger partial charge on any atom is -0.493 e. The predicted octanol–water partition coefficient (Wildman–Crippen LogP) is 18.2. The zero-order valence-electron chi connectivity index (χ0n) is 151. The second-order valence-corrected chi connectivity index (χ2v) is 34.8. The third-order valence-electron chi connectivity index (χ3n) is 23.7. The second-order valence-electron chi connectivity index (χ2n) is 34.8. The van der Waals surface area contributed by atoms with Crippen LogP contribution < -0.4 is 56.8 Å². The van der Waals surface area contributed by atoms with E-state index in [0.29, 0.717) is 34.8 Å². The van der Waals surface area contributed by atoms with E-state index in [2.05, 4.69) is 0 Å². The molecule has 0 radical (unpaired) electrons. The van der Waals surface area contributed by atoms with E-state index in [1.807, 2.05) is 0 Å². The number of benzene rings is 6. The largest absolute Gasteiger partial charge is 0.493 e. The van der Waals surface area contributed by atoms with Gasteiger partial charge in [-0.25, -0.2) is 0 Å². The van der Waals surface area contributed by atoms with Crippen LogP contribution in [0, 0.1) is 70.8 Å². The molecule has 0 aromatic heterocycles. The molecule has 6 N–H and O–H groups in total. The molecule has 0 bridgehead atoms. The number of aliphatic hydroxyl groups excluding tert-OH is 1. The molecule has 0 amide bonds. The van der Waals surface area contributed by atoms with Crippen LogP contribution in [-0.4, -0.2) is 260 Å². The average molecular weight is 1990 g/mol. The van der Waals surface area contributed by atoms with E-state index in [4.69, 9.17) is 154 Å². The Bertz CT molecular complexity index is 8410. The molecule has 6 aromatic carbocycles. The summed E-state index contributed by atoms with van der Waals surface area (Å²) in [6, 6.07) is -14.7. The normalized spacial score (nSPS) is 46.5. The summed E-state index contributed by atoms with van der Waals surface area (Å²) in [6.07, 6.45) is -47.2. The number of ether oxygens (including phenoxy) is 12. The SMILES string of the molecule is [2H]c1c2c(c([2H])c(OC([2H])([2H])[2H])c1OC)C1CC(O)C(C([2H])([2H])C([2H])(C)C([2H])([2H])[2H])C([2H])([2H])N1CC2.[2H]c1c2c(c([2H])c(OC([2H])([2H])[2H])c1OC)C1N(CC2)C([2H])([2H])C([2H])(C([2H])([2H])C([2H])(C)C([2H])([2H])[2H])C([2H])(O)C1([2H])[2H].[2H]c1c2c(c([2H])c(OC([2H])([2H])[2H])c1OC)C1N(CC2)C([2H])([2H])C([2H])(CC(C)C)C([2H])(O)C1([2H])[2H].[2H]c1c2c(c([2H])c(OC)c1OC)C1N(CC2)C([2H])([2H])C([2H])(C([2H])([2H])C([2H])(C)C([2H])([2H])[2H])C([2H])(O)C1([2H])[2H].[2H]c1c2c(c([2H])c(OC)c1OC)C1N(CC2)C([2H])([2H])C([2H])(CC(C)C)C([2H])(O)C1([2H])[2H].[2H]c1c2c(c([2H])c(OC)c1OC)C1N(CC2)C([2H])([2H])C([2H])(CC(C)C)C([2H])(O)C1([2H])[2H]. The molecule has 138 heavy (non-hydrogen) atoms. The monoisotopic (exact) mass is 1990 g/mol. The van der Waals surface area contributed by atoms with Crippen molar-refractivity contribution in [3.05, 3.63) is 139 Å². The van der Waals surface area contributed by atoms with Crippen molar-refractivity contribution in [1.29, 1.82) is 0 Å². The number of aliphatic hydroxyl groups is 6. The van der Waals surface area contributed by atoms with E-state index < -0.39 is 329 Å². The van der Waals surface area contributed by atoms with Crippen LogP contribution in [0.3, 0.4) is 0 Å². The Kier molecular flexibility index (Phi) is 17.1. The van der Waals surface area contributed by atoms with Gasteiger partial charge in [-0.1, -0.05) is 82.9 Å². The molecule has 21 atom stereocenters. The molecule has 21 unspecified atom stereocenters. The number of nitrogens with zero attached hydrogens (tertiary/aromatic N) is 6. The molecular formula is C114H174N6O18. The molecule has 0 saturated carbocycles. The summed E-state index contributed by atoms with van der Waals surface area (Å²) in [6.45, 7) is -16.8. The number of piperidine rings is 6. The van der Waals surface area contributed by atoms with Gasteiger partial charge in [-0.3, -0.25) is 29.4 Å². The van der Waals surface area contributed by atoms with Crippen molar-refractivity contribution in [2.45, 2.75) is 271 Å². The van der Waals surface area contributed by atoms with Crippen molar-refractivity contribution in [2.75, 3.05) is 163 Å². The molecule has 24 heteroatoms. The molecule has 768 valence electrons. The molecule has 12 aliphatic heterocycles. The van der Waals surface area contributed by atoms with Gasteiger partial charge in [-0.2, -0.15) is 0 Å². The molecular weight excluding hydrogens is 1740 g/mol. The molecule has 18 rings (SSSR count). The minimum absolute atomic E-state index is 0.0138. The van der Waals surface area contributed by atoms with Crippen molar-refractivity contribution in [3.63, 3.8) is 0 Å². The number of fused-ring (bicyclic) bond motifs is 18. The van der Waals surface area contributed by atoms with Crippen LogP contribution in [0.25, 0.3) is 0 Å². The number of rotatable bonds is 24. The van der Waals surface area contributed by atoms with E-state index >= 15 is 0 Å². The van der Waals surface area contributed by atoms with Crippen molar-refractivity contribution < 1.29 is 185 Å². The van der Waals surface area contributed by atoms with Crippen LogP contribution >= 0.6 is 0 Å². The zero-order chi connectivity index (χ0) is 162. The van der Waals surface area contributed by atoms with Gasteiger partial charge in [-0.05, 0) is 325 Å². The summed E-state index contributed by atoms with van der Waals surface area (Å²) < 4.78 is 656. The molecule has 12 aliphatic rings. The Labute approximate surface area is 927 Å². The topological polar surface area (TPSA) is 252 Å². The Morgan fingerprint density at radius 2 is 0.507 bits per heavy atom. The van der Waals surface area contributed by atoms with Crippen molar-refractivity contribution in [2.24, 2.45) is 70.8 Å². The zero-order valence-corrected chi connectivity index (χ0v) is 80.4. The molecule has 0 aliphatic carbocycles. The van der Waals surface area contributed by atoms with Crippen LogP contribution in [-0.2, 0) is 38.5 Å². The smallest absolute Gasteiger partial charge is 0.161 e. The first-order valence-corrected chi connectivity index (χ1v) is 44.9. The van der Waals surface area contributed by atoms with Crippen molar-refractivity contribution >= 4 is 0 Å². The first-order chi connectivity index (χ1) is 93.6. The van der Waals surface area contributed by atoms with Crippen LogP contribution in [0.2, 0.25) is 0 Å². The van der Waals surface area contributed by atoms with Crippen molar-refractivity contribution in [3.8, 4) is 69.0 Å². The van der Waals surface area contributed by atoms with E-state index in [-0.39, 0.29) is 247 Å². The minimum atomic E-state index is -4.13. The van der Waals surface area contributed by atoms with Gasteiger partial charge in [-0.15, -0.1) is 0 Å². The molecule has 6 fully saturated rings. The highest BCUT2D eigenvalue weighted by Gasteiger charge is 2.47. The maximum absolute atomic E-state index is 11.4. The maximum atomic E-state index is 11.4. The van der Waals surface area contributed by atoms with Crippen LogP contribution in [0.1, 0.15) is 360 Å². The highest BCUT2D eigenvalue weighted by Crippen LogP contribution is 2.52. The predicted molar refractivity (Wildman–Crippen MR) is 547 cm³/mol. The molecule has 12 heterocycles. The Morgan fingerprint density at radius 1 is 0.304 bits per heavy atom. The van der Waals surface area contributed by atoms with Crippen LogP contribution in [0.5, 0.6) is 69.0 Å². The maximum Gasteiger partial charge on any atom is 0.161 e. The Hall–Kier alpha value is -7.56. The number of methoxy groups -OCH3 is 12. The third-order valence-corrected chi connectivity index (χ3v) is 23.7. The van der Waals surface area contributed by atoms with E-state index in [1.54, 1.807) is 41.5 Å². The van der Waals surface area contributed by atoms with Gasteiger partial charge in [0.25, 0.3) is 0 Å². The molecule has 6 aromatic rings. The molecule has 6 saturated heterocycles. The highest BCUT2D eigenvalue weighted by molar-refractivity contribution is 5.55. The van der Waals surface area contributed by atoms with Gasteiger partial charge in [0.1, 0.15) is 0 Å². The van der Waals surface area contributed by atoms with Crippen LogP contribution in [0.4, 0.5) is 0 Å². The van der Waals surface area contributed by atoms with Gasteiger partial charge in [0.15, 0.2) is 69.0 Å². The summed E-state index contributed by atoms with van der Waals surface area (Å²) >= 11 is 0. The first-order valence-electron chi connectivity index (χ1n) is 80.4. The fraction of sp³-hybridized carbons (Fsp3) is 0.684. The summed E-state index contributed by atoms with van der Waals surface area (Å²) in [7, 11) is 1.90. The van der Waals surface area contributed by atoms with Crippen molar-refractivity contribution in [1.82, 2.24) is 29.4 Å². The standard InChI is InChI=1S/6C19H29NO3/c6*1-12(2)7-14-11-20-6-5-13-8-18(22-3)19(23-4)9-15(13)16(20)10-17(14)21/h6*8-9,12,14,16-17,21H,5-7,10-11H2,1-4H3/i1D3,4D3,7D2,8D,9D,10D2,11D2,12D,14D,17D;1D3,7D2,8D,9D,10D2,11D2,12D,14D,17D;4D3,8D,9D,10D2,11D2,14D,17D;1D3,4D3,7D2,8D,9D,11D2,12D;2*8D,9D,10D2,11D2,14D,17D. The fourth-order valence-electron chi connectivity index (χ4n) is 17.4. The fourth-order valence-corrected chi connectivity index (χ4v) is 17.4. The van der Waals surface area contributed by atoms with Gasteiger partial charge in [0, 0.05) is 176 Å². The van der Waals surface area contributed by atoms with Gasteiger partial charge >= 0.3 is 0 Å². The molecule has 24 nitrogen and oxygen atoms in total. The Morgan fingerprint density at radius 3 is 0.732 bits per heavy atom. The average Bonchev–Trinajstić information content (AvgIpc) is 0.651. The van der Waals surface area contributed by atoms with Gasteiger partial charge < -0.3 is 87.5 Å². The van der Waals surface area contributed by atoms with Crippen LogP contribution in [0.15, 0.2) is 72.5 Å². The van der Waals surface area contributed by atoms with Gasteiger partial charge in [0.05, 0.1) is 157 Å². The lowest BCUT2D eigenvalue weighted by molar-refractivity contribution is -0.0192. The quantitative estimate of drug-likeness (QED) is 0.0329. The lowest BCUT2D eigenvalue weighted by Crippen LogP contribution is -2.48. The summed E-state index contributed by atoms with van der Waals surface area (Å²) in [5.41, 5.74) is -0.173. The summed E-state index contributed by atoms with van der Waals surface area (Å²) in [5, 5.41) is 67.2. The second kappa shape index (κ2) is 49.1. The first kappa shape index (κ1) is 48.0. The van der Waals surface area contributed by atoms with E-state index in [1.165, 1.54) is 61.8 Å². The molecule has 0 spiro atoms.